The van der Waals surface area contributed by atoms with Gasteiger partial charge in [0.05, 0.1) is 5.56 Å². The Kier molecular flexibility index (Phi) is 6.11. The van der Waals surface area contributed by atoms with Crippen LogP contribution < -0.4 is 5.73 Å². The highest BCUT2D eigenvalue weighted by Crippen LogP contribution is 2.19. The first kappa shape index (κ1) is 19.2. The van der Waals surface area contributed by atoms with Crippen molar-refractivity contribution in [2.24, 2.45) is 0 Å². The van der Waals surface area contributed by atoms with Crippen LogP contribution in [-0.2, 0) is 19.2 Å². The second-order valence-electron chi connectivity index (χ2n) is 6.10. The van der Waals surface area contributed by atoms with Gasteiger partial charge in [-0.15, -0.1) is 0 Å². The molecule has 0 saturated heterocycles. The Morgan fingerprint density at radius 2 is 1.83 bits per heavy atom. The standard InChI is InChI=1S/C17H22N2O5/c1-11(20)24-19(5)15(21)9-8-12-6-7-13(10-14(12)18)16(22)23-17(2,3)4/h6-10H,18H2,1-5H3. The van der Waals surface area contributed by atoms with Gasteiger partial charge in [-0.2, -0.15) is 5.06 Å². The van der Waals surface area contributed by atoms with Gasteiger partial charge in [0.25, 0.3) is 5.91 Å². The van der Waals surface area contributed by atoms with Crippen LogP contribution >= 0.6 is 0 Å². The number of nitrogens with zero attached hydrogens (tertiary/aromatic N) is 1. The lowest BCUT2D eigenvalue weighted by Gasteiger charge is -2.19. The van der Waals surface area contributed by atoms with Gasteiger partial charge in [0, 0.05) is 25.7 Å². The van der Waals surface area contributed by atoms with Crippen LogP contribution in [0.5, 0.6) is 0 Å². The van der Waals surface area contributed by atoms with Gasteiger partial charge in [0.2, 0.25) is 0 Å². The van der Waals surface area contributed by atoms with Crippen molar-refractivity contribution < 1.29 is 24.0 Å². The lowest BCUT2D eigenvalue weighted by atomic mass is 10.1. The number of amides is 1. The molecule has 0 bridgehead atoms. The number of carbonyl (C=O) groups is 3. The van der Waals surface area contributed by atoms with E-state index < -0.39 is 23.4 Å². The van der Waals surface area contributed by atoms with Gasteiger partial charge >= 0.3 is 11.9 Å². The molecule has 0 unspecified atom stereocenters. The summed E-state index contributed by atoms with van der Waals surface area (Å²) in [5, 5.41) is 0.810. The van der Waals surface area contributed by atoms with Crippen molar-refractivity contribution in [2.75, 3.05) is 12.8 Å². The van der Waals surface area contributed by atoms with Gasteiger partial charge in [-0.1, -0.05) is 6.07 Å². The summed E-state index contributed by atoms with van der Waals surface area (Å²) in [5.74, 6) is -1.60. The molecule has 0 aliphatic heterocycles. The summed E-state index contributed by atoms with van der Waals surface area (Å²) in [5.41, 5.74) is 6.48. The molecule has 0 aromatic heterocycles. The minimum absolute atomic E-state index is 0.317. The van der Waals surface area contributed by atoms with Crippen molar-refractivity contribution >= 4 is 29.6 Å². The van der Waals surface area contributed by atoms with Gasteiger partial charge in [0.15, 0.2) is 0 Å². The smallest absolute Gasteiger partial charge is 0.338 e. The number of hydroxylamine groups is 2. The number of ether oxygens (including phenoxy) is 1. The van der Waals surface area contributed by atoms with Crippen molar-refractivity contribution in [1.29, 1.82) is 0 Å². The zero-order chi connectivity index (χ0) is 18.5. The summed E-state index contributed by atoms with van der Waals surface area (Å²) in [6, 6.07) is 4.64. The van der Waals surface area contributed by atoms with Crippen LogP contribution in [0.3, 0.4) is 0 Å². The lowest BCUT2D eigenvalue weighted by Crippen LogP contribution is -2.27. The topological polar surface area (TPSA) is 98.9 Å². The summed E-state index contributed by atoms with van der Waals surface area (Å²) in [4.78, 5) is 39.1. The van der Waals surface area contributed by atoms with E-state index in [1.54, 1.807) is 32.9 Å². The van der Waals surface area contributed by atoms with Gasteiger partial charge in [-0.3, -0.25) is 9.59 Å². The number of likely N-dealkylation sites (N-methyl/N-ethyl adjacent to an activating group) is 1. The maximum Gasteiger partial charge on any atom is 0.338 e. The molecule has 7 heteroatoms. The Bertz CT molecular complexity index is 674. The molecular formula is C17H22N2O5. The third kappa shape index (κ3) is 6.12. The third-order valence-corrected chi connectivity index (χ3v) is 2.70. The van der Waals surface area contributed by atoms with Crippen molar-refractivity contribution in [3.8, 4) is 0 Å². The SMILES string of the molecule is CC(=O)ON(C)C(=O)C=Cc1ccc(C(=O)OC(C)(C)C)cc1N. The summed E-state index contributed by atoms with van der Waals surface area (Å²) in [7, 11) is 1.32. The molecule has 24 heavy (non-hydrogen) atoms. The Morgan fingerprint density at radius 3 is 2.33 bits per heavy atom. The molecule has 0 saturated carbocycles. The number of rotatable bonds is 3. The molecule has 1 rings (SSSR count). The second kappa shape index (κ2) is 7.63. The van der Waals surface area contributed by atoms with E-state index in [9.17, 15) is 14.4 Å². The number of hydrogen-bond acceptors (Lipinski definition) is 6. The molecule has 130 valence electrons. The number of hydrogen-bond donors (Lipinski definition) is 1. The normalized spacial score (nSPS) is 11.2. The van der Waals surface area contributed by atoms with Crippen molar-refractivity contribution in [3.05, 3.63) is 35.4 Å². The van der Waals surface area contributed by atoms with Crippen LogP contribution in [0.4, 0.5) is 5.69 Å². The largest absolute Gasteiger partial charge is 0.456 e. The first-order valence-corrected chi connectivity index (χ1v) is 7.27. The van der Waals surface area contributed by atoms with E-state index in [0.717, 1.165) is 5.06 Å². The molecule has 0 aliphatic carbocycles. The van der Waals surface area contributed by atoms with E-state index in [-0.39, 0.29) is 0 Å². The Hall–Kier alpha value is -2.83. The van der Waals surface area contributed by atoms with Crippen LogP contribution in [0.1, 0.15) is 43.6 Å². The second-order valence-corrected chi connectivity index (χ2v) is 6.10. The summed E-state index contributed by atoms with van der Waals surface area (Å²) in [6.45, 7) is 6.52. The van der Waals surface area contributed by atoms with Crippen LogP contribution in [0.25, 0.3) is 6.08 Å². The molecule has 0 atom stereocenters. The first-order valence-electron chi connectivity index (χ1n) is 7.27. The molecule has 0 spiro atoms. The molecule has 0 radical (unpaired) electrons. The zero-order valence-corrected chi connectivity index (χ0v) is 14.5. The molecule has 0 heterocycles. The minimum atomic E-state index is -0.599. The molecule has 1 aromatic carbocycles. The number of esters is 1. The number of nitrogen functional groups attached to an aromatic ring is 1. The van der Waals surface area contributed by atoms with Gasteiger partial charge in [-0.25, -0.2) is 4.79 Å². The number of nitrogens with two attached hydrogens (primary N) is 1. The molecule has 7 nitrogen and oxygen atoms in total. The van der Waals surface area contributed by atoms with E-state index in [4.69, 9.17) is 10.5 Å². The fraction of sp³-hybridized carbons (Fsp3) is 0.353. The number of anilines is 1. The average molecular weight is 334 g/mol. The number of carbonyl (C=O) groups excluding carboxylic acids is 3. The van der Waals surface area contributed by atoms with Gasteiger partial charge in [-0.05, 0) is 44.5 Å². The molecule has 0 aliphatic rings. The zero-order valence-electron chi connectivity index (χ0n) is 14.5. The van der Waals surface area contributed by atoms with Crippen LogP contribution in [0, 0.1) is 0 Å². The molecule has 0 fully saturated rings. The van der Waals surface area contributed by atoms with Crippen molar-refractivity contribution in [1.82, 2.24) is 5.06 Å². The predicted octanol–water partition coefficient (Wildman–Crippen LogP) is 2.17. The molecule has 2 N–H and O–H groups in total. The van der Waals surface area contributed by atoms with Crippen molar-refractivity contribution in [3.63, 3.8) is 0 Å². The van der Waals surface area contributed by atoms with E-state index in [1.807, 2.05) is 0 Å². The third-order valence-electron chi connectivity index (χ3n) is 2.70. The number of benzene rings is 1. The van der Waals surface area contributed by atoms with Crippen LogP contribution in [0.15, 0.2) is 24.3 Å². The van der Waals surface area contributed by atoms with E-state index in [1.165, 1.54) is 32.2 Å². The highest BCUT2D eigenvalue weighted by atomic mass is 16.7. The van der Waals surface area contributed by atoms with Crippen molar-refractivity contribution in [2.45, 2.75) is 33.3 Å². The Balaban J connectivity index is 2.85. The Morgan fingerprint density at radius 1 is 1.21 bits per heavy atom. The summed E-state index contributed by atoms with van der Waals surface area (Å²) in [6.07, 6.45) is 2.68. The average Bonchev–Trinajstić information content (AvgIpc) is 2.42. The predicted molar refractivity (Wildman–Crippen MR) is 89.6 cm³/mol. The van der Waals surface area contributed by atoms with E-state index >= 15 is 0 Å². The lowest BCUT2D eigenvalue weighted by molar-refractivity contribution is -0.187. The first-order chi connectivity index (χ1) is 11.0. The van der Waals surface area contributed by atoms with Crippen LogP contribution in [-0.4, -0.2) is 35.6 Å². The minimum Gasteiger partial charge on any atom is -0.456 e. The van der Waals surface area contributed by atoms with Crippen LogP contribution in [0.2, 0.25) is 0 Å². The Labute approximate surface area is 141 Å². The highest BCUT2D eigenvalue weighted by Gasteiger charge is 2.18. The van der Waals surface area contributed by atoms with Gasteiger partial charge in [0.1, 0.15) is 5.60 Å². The molecular weight excluding hydrogens is 312 g/mol. The molecule has 1 amide bonds. The highest BCUT2D eigenvalue weighted by molar-refractivity contribution is 5.94. The maximum absolute atomic E-state index is 12.0. The van der Waals surface area contributed by atoms with Gasteiger partial charge < -0.3 is 15.3 Å². The fourth-order valence-corrected chi connectivity index (χ4v) is 1.69. The summed E-state index contributed by atoms with van der Waals surface area (Å²) >= 11 is 0. The molecule has 1 aromatic rings. The van der Waals surface area contributed by atoms with E-state index in [0.29, 0.717) is 16.8 Å². The monoisotopic (exact) mass is 334 g/mol. The fourth-order valence-electron chi connectivity index (χ4n) is 1.69. The van der Waals surface area contributed by atoms with E-state index in [2.05, 4.69) is 4.84 Å². The quantitative estimate of drug-likeness (QED) is 0.394. The maximum atomic E-state index is 12.0. The summed E-state index contributed by atoms with van der Waals surface area (Å²) < 4.78 is 5.26.